The molecule has 0 saturated carbocycles. The molecule has 32 heavy (non-hydrogen) atoms. The number of carbonyl (C=O) groups is 1. The van der Waals surface area contributed by atoms with Crippen molar-refractivity contribution in [2.24, 2.45) is 7.05 Å². The number of aryl methyl sites for hydroxylation is 1. The maximum absolute atomic E-state index is 13.2. The standard InChI is InChI=1S/C24H25N7O/c1-16-26-15-21(30(16)2)19-10-18-11-22(28-14-20(18)27-13-19)29-24(32)17-6-7-25-23(12-17)31-8-4-3-5-9-31/h6-7,10-15H,3-5,8-9H2,1-2H3,(H,28,29,32)/i3D2,4D2,5D2,8D2,9D2. The van der Waals surface area contributed by atoms with E-state index < -0.39 is 43.8 Å². The summed E-state index contributed by atoms with van der Waals surface area (Å²) in [6.07, 6.45) is -4.67. The number of imidazole rings is 1. The number of hydrogen-bond acceptors (Lipinski definition) is 6. The number of anilines is 2. The van der Waals surface area contributed by atoms with Gasteiger partial charge in [0.05, 0.1) is 23.6 Å². The smallest absolute Gasteiger partial charge is 0.257 e. The first-order valence-electron chi connectivity index (χ1n) is 14.7. The van der Waals surface area contributed by atoms with Crippen molar-refractivity contribution in [3.8, 4) is 11.3 Å². The molecule has 162 valence electrons. The zero-order chi connectivity index (χ0) is 31.0. The molecule has 0 unspecified atom stereocenters. The van der Waals surface area contributed by atoms with Crippen LogP contribution in [0.4, 0.5) is 11.6 Å². The Hall–Kier alpha value is -3.81. The first-order valence-corrected chi connectivity index (χ1v) is 9.67. The Kier molecular flexibility index (Phi) is 3.06. The molecule has 0 radical (unpaired) electrons. The fourth-order valence-corrected chi connectivity index (χ4v) is 3.22. The first-order chi connectivity index (χ1) is 19.3. The van der Waals surface area contributed by atoms with Gasteiger partial charge in [0.25, 0.3) is 5.91 Å². The van der Waals surface area contributed by atoms with Gasteiger partial charge in [0.2, 0.25) is 0 Å². The fourth-order valence-electron chi connectivity index (χ4n) is 3.22. The Balaban J connectivity index is 1.48. The normalized spacial score (nSPS) is 26.5. The molecule has 8 nitrogen and oxygen atoms in total. The van der Waals surface area contributed by atoms with Gasteiger partial charge in [-0.05, 0) is 50.3 Å². The van der Waals surface area contributed by atoms with Crippen LogP contribution in [0.1, 0.15) is 49.0 Å². The number of amides is 1. The molecule has 5 rings (SSSR count). The largest absolute Gasteiger partial charge is 0.357 e. The third kappa shape index (κ3) is 3.91. The van der Waals surface area contributed by atoms with E-state index in [2.05, 4.69) is 25.3 Å². The van der Waals surface area contributed by atoms with E-state index in [1.165, 1.54) is 12.3 Å². The summed E-state index contributed by atoms with van der Waals surface area (Å²) < 4.78 is 83.7. The van der Waals surface area contributed by atoms with E-state index in [1.807, 2.05) is 24.6 Å². The number of carbonyl (C=O) groups excluding carboxylic acids is 1. The van der Waals surface area contributed by atoms with Crippen molar-refractivity contribution in [1.29, 1.82) is 0 Å². The lowest BCUT2D eigenvalue weighted by Crippen LogP contribution is -2.30. The molecule has 8 heteroatoms. The lowest BCUT2D eigenvalue weighted by molar-refractivity contribution is 0.102. The van der Waals surface area contributed by atoms with E-state index in [9.17, 15) is 4.79 Å². The minimum Gasteiger partial charge on any atom is -0.357 e. The summed E-state index contributed by atoms with van der Waals surface area (Å²) in [5.74, 6) is -0.374. The number of piperidine rings is 1. The maximum atomic E-state index is 13.2. The molecule has 1 amide bonds. The number of nitrogens with zero attached hydrogens (tertiary/aromatic N) is 6. The second-order valence-electron chi connectivity index (χ2n) is 7.03. The number of pyridine rings is 3. The number of hydrogen-bond donors (Lipinski definition) is 1. The molecule has 4 aromatic rings. The van der Waals surface area contributed by atoms with Crippen LogP contribution in [0, 0.1) is 6.92 Å². The van der Waals surface area contributed by atoms with Crippen LogP contribution in [0.25, 0.3) is 22.2 Å². The van der Waals surface area contributed by atoms with Crippen LogP contribution in [0.3, 0.4) is 0 Å². The van der Waals surface area contributed by atoms with Crippen LogP contribution in [-0.2, 0) is 7.05 Å². The third-order valence-electron chi connectivity index (χ3n) is 5.02. The summed E-state index contributed by atoms with van der Waals surface area (Å²) in [5, 5.41) is 3.27. The summed E-state index contributed by atoms with van der Waals surface area (Å²) in [6.45, 7) is -4.95. The van der Waals surface area contributed by atoms with Crippen LogP contribution in [-0.4, -0.2) is 43.4 Å². The second-order valence-corrected chi connectivity index (χ2v) is 7.03. The average molecular weight is 438 g/mol. The Bertz CT molecular complexity index is 1690. The zero-order valence-electron chi connectivity index (χ0n) is 27.2. The van der Waals surface area contributed by atoms with E-state index in [0.29, 0.717) is 10.9 Å². The quantitative estimate of drug-likeness (QED) is 0.520. The summed E-state index contributed by atoms with van der Waals surface area (Å²) in [7, 11) is 1.88. The van der Waals surface area contributed by atoms with E-state index >= 15 is 0 Å². The van der Waals surface area contributed by atoms with Crippen molar-refractivity contribution >= 4 is 28.4 Å². The van der Waals surface area contributed by atoms with Gasteiger partial charge in [-0.2, -0.15) is 0 Å². The van der Waals surface area contributed by atoms with Crippen molar-refractivity contribution in [3.05, 3.63) is 60.4 Å². The molecule has 1 N–H and O–H groups in total. The van der Waals surface area contributed by atoms with Crippen LogP contribution in [0.2, 0.25) is 0 Å². The van der Waals surface area contributed by atoms with Crippen molar-refractivity contribution in [2.45, 2.75) is 26.0 Å². The third-order valence-corrected chi connectivity index (χ3v) is 5.02. The fraction of sp³-hybridized carbons (Fsp3) is 0.292. The Morgan fingerprint density at radius 3 is 2.66 bits per heavy atom. The SMILES string of the molecule is [2H]C1([2H])N(c2cc(C(=O)Nc3cc4cc(-c5cnc(C)n5C)cnc4cn3)ccn2)C([2H])([2H])C([2H])([2H])C([2H])([2H])C1([2H])[2H]. The van der Waals surface area contributed by atoms with Gasteiger partial charge in [-0.15, -0.1) is 0 Å². The summed E-state index contributed by atoms with van der Waals surface area (Å²) >= 11 is 0. The second kappa shape index (κ2) is 8.37. The van der Waals surface area contributed by atoms with Gasteiger partial charge in [0.15, 0.2) is 0 Å². The first kappa shape index (κ1) is 11.7. The molecule has 0 spiro atoms. The van der Waals surface area contributed by atoms with Gasteiger partial charge >= 0.3 is 0 Å². The van der Waals surface area contributed by atoms with E-state index in [1.54, 1.807) is 18.5 Å². The number of aromatic nitrogens is 5. The van der Waals surface area contributed by atoms with E-state index in [-0.39, 0.29) is 16.3 Å². The lowest BCUT2D eigenvalue weighted by atomic mass is 10.1. The van der Waals surface area contributed by atoms with Gasteiger partial charge in [0, 0.05) is 62.7 Å². The molecule has 4 aromatic heterocycles. The Morgan fingerprint density at radius 1 is 1.03 bits per heavy atom. The topological polar surface area (TPSA) is 88.8 Å². The highest BCUT2D eigenvalue weighted by Crippen LogP contribution is 2.24. The van der Waals surface area contributed by atoms with Gasteiger partial charge in [0.1, 0.15) is 17.5 Å². The molecule has 1 aliphatic heterocycles. The van der Waals surface area contributed by atoms with Crippen molar-refractivity contribution < 1.29 is 18.5 Å². The molecule has 1 aliphatic rings. The summed E-state index contributed by atoms with van der Waals surface area (Å²) in [5.41, 5.74) is 2.06. The molecule has 0 atom stereocenters. The average Bonchev–Trinajstić information content (AvgIpc) is 3.25. The van der Waals surface area contributed by atoms with E-state index in [0.717, 1.165) is 29.3 Å². The van der Waals surface area contributed by atoms with Crippen LogP contribution < -0.4 is 10.2 Å². The molecule has 1 saturated heterocycles. The highest BCUT2D eigenvalue weighted by Gasteiger charge is 2.15. The Morgan fingerprint density at radius 2 is 1.88 bits per heavy atom. The van der Waals surface area contributed by atoms with Crippen LogP contribution >= 0.6 is 0 Å². The van der Waals surface area contributed by atoms with Crippen molar-refractivity contribution in [2.75, 3.05) is 23.2 Å². The molecule has 1 fully saturated rings. The number of nitrogens with one attached hydrogen (secondary N) is 1. The van der Waals surface area contributed by atoms with Crippen molar-refractivity contribution in [3.63, 3.8) is 0 Å². The molecule has 0 aromatic carbocycles. The molecule has 0 aliphatic carbocycles. The highest BCUT2D eigenvalue weighted by atomic mass is 16.1. The van der Waals surface area contributed by atoms with Gasteiger partial charge in [-0.3, -0.25) is 9.78 Å². The zero-order valence-corrected chi connectivity index (χ0v) is 17.2. The summed E-state index contributed by atoms with van der Waals surface area (Å²) in [4.78, 5) is 30.1. The predicted octanol–water partition coefficient (Wildman–Crippen LogP) is 3.98. The Labute approximate surface area is 200 Å². The predicted molar refractivity (Wildman–Crippen MR) is 125 cm³/mol. The minimum atomic E-state index is -3.56. The number of rotatable bonds is 4. The van der Waals surface area contributed by atoms with E-state index in [4.69, 9.17) is 13.7 Å². The molecular formula is C24H25N7O. The minimum absolute atomic E-state index is 0.111. The molecular weight excluding hydrogens is 402 g/mol. The summed E-state index contributed by atoms with van der Waals surface area (Å²) in [6, 6.07) is 5.69. The van der Waals surface area contributed by atoms with Crippen molar-refractivity contribution in [1.82, 2.24) is 24.5 Å². The lowest BCUT2D eigenvalue weighted by Gasteiger charge is -2.27. The van der Waals surface area contributed by atoms with Gasteiger partial charge < -0.3 is 14.8 Å². The van der Waals surface area contributed by atoms with Gasteiger partial charge in [-0.25, -0.2) is 15.0 Å². The monoisotopic (exact) mass is 437 g/mol. The van der Waals surface area contributed by atoms with Gasteiger partial charge in [-0.1, -0.05) is 0 Å². The maximum Gasteiger partial charge on any atom is 0.257 e. The molecule has 0 bridgehead atoms. The number of fused-ring (bicyclic) bond motifs is 1. The highest BCUT2D eigenvalue weighted by molar-refractivity contribution is 6.04. The molecule has 5 heterocycles. The van der Waals surface area contributed by atoms with Crippen LogP contribution in [0.5, 0.6) is 0 Å². The van der Waals surface area contributed by atoms with Crippen LogP contribution in [0.15, 0.2) is 49.1 Å².